The van der Waals surface area contributed by atoms with Crippen LogP contribution in [0.4, 0.5) is 0 Å². The van der Waals surface area contributed by atoms with Crippen molar-refractivity contribution in [3.8, 4) is 0 Å². The maximum atomic E-state index is 5.92. The molecule has 0 fully saturated rings. The highest BCUT2D eigenvalue weighted by atomic mass is 35.5. The first-order chi connectivity index (χ1) is 4.79. The molecule has 10 heavy (non-hydrogen) atoms. The highest BCUT2D eigenvalue weighted by Gasteiger charge is 2.05. The van der Waals surface area contributed by atoms with Gasteiger partial charge in [0.1, 0.15) is 0 Å². The second kappa shape index (κ2) is 2.22. The fourth-order valence-corrected chi connectivity index (χ4v) is 3.43. The number of hydrogen-bond donors (Lipinski definition) is 0. The summed E-state index contributed by atoms with van der Waals surface area (Å²) in [4.78, 5) is 0. The second-order valence-corrected chi connectivity index (χ2v) is 4.92. The van der Waals surface area contributed by atoms with E-state index in [-0.39, 0.29) is 0 Å². The van der Waals surface area contributed by atoms with Crippen LogP contribution in [0.2, 0.25) is 4.34 Å². The molecular weight excluding hydrogens is 184 g/mol. The molecule has 2 aromatic heterocycles. The van der Waals surface area contributed by atoms with Gasteiger partial charge in [0.05, 0.1) is 8.35 Å². The molecule has 0 aliphatic heterocycles. The van der Waals surface area contributed by atoms with Gasteiger partial charge in [-0.1, -0.05) is 11.6 Å². The molecule has 0 saturated carbocycles. The van der Waals surface area contributed by atoms with E-state index in [2.05, 4.69) is 18.4 Å². The molecule has 52 valence electrons. The zero-order valence-corrected chi connectivity index (χ0v) is 7.74. The van der Waals surface area contributed by atoms with Crippen LogP contribution in [0.25, 0.3) is 9.40 Å². The molecule has 0 radical (unpaired) electrons. The Kier molecular flexibility index (Phi) is 1.48. The average Bonchev–Trinajstić information content (AvgIpc) is 2.41. The van der Waals surface area contributed by atoms with Crippen molar-refractivity contribution in [2.75, 3.05) is 0 Å². The van der Waals surface area contributed by atoms with Crippen LogP contribution in [-0.4, -0.2) is 0 Å². The molecule has 0 aliphatic rings. The van der Waals surface area contributed by atoms with Gasteiger partial charge in [-0.05, 0) is 23.9 Å². The summed E-state index contributed by atoms with van der Waals surface area (Å²) in [6, 6.07) is 2.12. The van der Waals surface area contributed by atoms with Gasteiger partial charge in [-0.15, -0.1) is 22.7 Å². The van der Waals surface area contributed by atoms with Gasteiger partial charge in [0.2, 0.25) is 0 Å². The van der Waals surface area contributed by atoms with E-state index in [1.807, 2.05) is 0 Å². The summed E-state index contributed by atoms with van der Waals surface area (Å²) in [5.41, 5.74) is 1.22. The second-order valence-electron chi connectivity index (χ2n) is 2.12. The van der Waals surface area contributed by atoms with Gasteiger partial charge < -0.3 is 0 Å². The minimum atomic E-state index is 0.932. The Labute approximate surface area is 72.1 Å². The number of hydrogen-bond acceptors (Lipinski definition) is 2. The smallest absolute Gasteiger partial charge is 0.0978 e. The predicted molar refractivity (Wildman–Crippen MR) is 49.4 cm³/mol. The molecule has 0 atom stereocenters. The number of halogens is 1. The van der Waals surface area contributed by atoms with Crippen molar-refractivity contribution < 1.29 is 0 Å². The van der Waals surface area contributed by atoms with Crippen LogP contribution in [-0.2, 0) is 0 Å². The van der Waals surface area contributed by atoms with Crippen LogP contribution in [0, 0.1) is 6.92 Å². The topological polar surface area (TPSA) is 0 Å². The van der Waals surface area contributed by atoms with Crippen molar-refractivity contribution in [1.29, 1.82) is 0 Å². The summed E-state index contributed by atoms with van der Waals surface area (Å²) in [5.74, 6) is 0. The molecule has 0 aromatic carbocycles. The lowest BCUT2D eigenvalue weighted by Gasteiger charge is -1.81. The van der Waals surface area contributed by atoms with E-state index in [0.29, 0.717) is 0 Å². The monoisotopic (exact) mass is 188 g/mol. The summed E-state index contributed by atoms with van der Waals surface area (Å²) in [5, 5.41) is 3.42. The molecule has 0 saturated heterocycles. The van der Waals surface area contributed by atoms with Crippen molar-refractivity contribution in [2.45, 2.75) is 6.92 Å². The largest absolute Gasteiger partial charge is 0.133 e. The highest BCUT2D eigenvalue weighted by molar-refractivity contribution is 7.39. The number of aryl methyl sites for hydroxylation is 1. The van der Waals surface area contributed by atoms with Crippen molar-refractivity contribution in [1.82, 2.24) is 0 Å². The minimum absolute atomic E-state index is 0.932. The van der Waals surface area contributed by atoms with Gasteiger partial charge in [0.15, 0.2) is 0 Å². The van der Waals surface area contributed by atoms with E-state index in [1.54, 1.807) is 22.7 Å². The lowest BCUT2D eigenvalue weighted by Crippen LogP contribution is -1.60. The van der Waals surface area contributed by atoms with Crippen LogP contribution in [0.15, 0.2) is 11.4 Å². The van der Waals surface area contributed by atoms with E-state index >= 15 is 0 Å². The molecular formula is C7H5ClS2. The van der Waals surface area contributed by atoms with Gasteiger partial charge in [-0.3, -0.25) is 0 Å². The first kappa shape index (κ1) is 6.65. The standard InChI is InChI=1S/C7H5ClS2/c1-4-5-2-3-9-7(5)10-6(4)8/h2-3H,1H3. The lowest BCUT2D eigenvalue weighted by atomic mass is 10.3. The van der Waals surface area contributed by atoms with Crippen LogP contribution < -0.4 is 0 Å². The fourth-order valence-electron chi connectivity index (χ4n) is 0.916. The SMILES string of the molecule is Cc1c(Cl)sc2sccc12. The Hall–Kier alpha value is -0.0500. The first-order valence-corrected chi connectivity index (χ1v) is 4.98. The quantitative estimate of drug-likeness (QED) is 0.588. The van der Waals surface area contributed by atoms with Gasteiger partial charge in [0.25, 0.3) is 0 Å². The van der Waals surface area contributed by atoms with Gasteiger partial charge in [-0.25, -0.2) is 0 Å². The molecule has 0 unspecified atom stereocenters. The predicted octanol–water partition coefficient (Wildman–Crippen LogP) is 3.92. The summed E-state index contributed by atoms with van der Waals surface area (Å²) in [6.45, 7) is 2.06. The Morgan fingerprint density at radius 1 is 1.50 bits per heavy atom. The maximum absolute atomic E-state index is 5.92. The molecule has 0 spiro atoms. The van der Waals surface area contributed by atoms with Gasteiger partial charge in [-0.2, -0.15) is 0 Å². The summed E-state index contributed by atoms with van der Waals surface area (Å²) < 4.78 is 2.27. The molecule has 0 bridgehead atoms. The molecule has 0 amide bonds. The summed E-state index contributed by atoms with van der Waals surface area (Å²) >= 11 is 9.34. The third kappa shape index (κ3) is 0.797. The lowest BCUT2D eigenvalue weighted by molar-refractivity contribution is 1.61. The fraction of sp³-hybridized carbons (Fsp3) is 0.143. The summed E-state index contributed by atoms with van der Waals surface area (Å²) in [7, 11) is 0. The number of rotatable bonds is 0. The van der Waals surface area contributed by atoms with Crippen molar-refractivity contribution in [3.05, 3.63) is 21.3 Å². The van der Waals surface area contributed by atoms with Crippen molar-refractivity contribution in [3.63, 3.8) is 0 Å². The number of fused-ring (bicyclic) bond motifs is 1. The Morgan fingerprint density at radius 3 is 3.00 bits per heavy atom. The summed E-state index contributed by atoms with van der Waals surface area (Å²) in [6.07, 6.45) is 0. The molecule has 2 heterocycles. The average molecular weight is 189 g/mol. The third-order valence-electron chi connectivity index (χ3n) is 1.51. The maximum Gasteiger partial charge on any atom is 0.0978 e. The third-order valence-corrected chi connectivity index (χ3v) is 4.16. The molecule has 0 nitrogen and oxygen atoms in total. The zero-order chi connectivity index (χ0) is 7.14. The minimum Gasteiger partial charge on any atom is -0.133 e. The molecule has 2 aromatic rings. The Morgan fingerprint density at radius 2 is 2.30 bits per heavy atom. The molecule has 0 N–H and O–H groups in total. The zero-order valence-electron chi connectivity index (χ0n) is 5.35. The van der Waals surface area contributed by atoms with Crippen LogP contribution in [0.5, 0.6) is 0 Å². The van der Waals surface area contributed by atoms with E-state index in [9.17, 15) is 0 Å². The molecule has 2 rings (SSSR count). The molecule has 3 heteroatoms. The number of thiophene rings is 2. The Bertz CT molecular complexity index is 358. The van der Waals surface area contributed by atoms with Gasteiger partial charge >= 0.3 is 0 Å². The van der Waals surface area contributed by atoms with E-state index in [4.69, 9.17) is 11.6 Å². The van der Waals surface area contributed by atoms with E-state index in [0.717, 1.165) is 4.34 Å². The van der Waals surface area contributed by atoms with E-state index in [1.165, 1.54) is 15.0 Å². The van der Waals surface area contributed by atoms with Gasteiger partial charge in [0, 0.05) is 5.39 Å². The van der Waals surface area contributed by atoms with E-state index < -0.39 is 0 Å². The van der Waals surface area contributed by atoms with Crippen LogP contribution in [0.3, 0.4) is 0 Å². The van der Waals surface area contributed by atoms with Crippen LogP contribution >= 0.6 is 34.3 Å². The van der Waals surface area contributed by atoms with Crippen molar-refractivity contribution in [2.24, 2.45) is 0 Å². The van der Waals surface area contributed by atoms with Crippen molar-refractivity contribution >= 4 is 43.7 Å². The molecule has 0 aliphatic carbocycles. The normalized spacial score (nSPS) is 11.0. The first-order valence-electron chi connectivity index (χ1n) is 2.91. The highest BCUT2D eigenvalue weighted by Crippen LogP contribution is 2.37. The van der Waals surface area contributed by atoms with Crippen LogP contribution in [0.1, 0.15) is 5.56 Å². The Balaban J connectivity index is 2.95.